The van der Waals surface area contributed by atoms with E-state index in [0.29, 0.717) is 10.2 Å². The first-order valence-corrected chi connectivity index (χ1v) is 6.45. The van der Waals surface area contributed by atoms with Gasteiger partial charge in [-0.15, -0.1) is 0 Å². The van der Waals surface area contributed by atoms with E-state index in [2.05, 4.69) is 15.9 Å². The summed E-state index contributed by atoms with van der Waals surface area (Å²) < 4.78 is 19.3. The SMILES string of the molecule is CC(C)(C)[C@](C)(COc1ccc(Br)c(F)c1)ON. The molecule has 1 rings (SSSR count). The average Bonchev–Trinajstić information content (AvgIpc) is 2.28. The minimum absolute atomic E-state index is 0.199. The van der Waals surface area contributed by atoms with E-state index in [0.717, 1.165) is 0 Å². The van der Waals surface area contributed by atoms with E-state index in [1.807, 2.05) is 27.7 Å². The molecule has 0 heterocycles. The molecule has 18 heavy (non-hydrogen) atoms. The summed E-state index contributed by atoms with van der Waals surface area (Å²) in [6.45, 7) is 8.12. The first-order chi connectivity index (χ1) is 8.19. The smallest absolute Gasteiger partial charge is 0.141 e. The van der Waals surface area contributed by atoms with Crippen LogP contribution in [-0.4, -0.2) is 12.2 Å². The summed E-state index contributed by atoms with van der Waals surface area (Å²) in [6.07, 6.45) is 0. The highest BCUT2D eigenvalue weighted by Crippen LogP contribution is 2.33. The Morgan fingerprint density at radius 3 is 2.33 bits per heavy atom. The van der Waals surface area contributed by atoms with E-state index in [-0.39, 0.29) is 17.8 Å². The maximum atomic E-state index is 13.3. The lowest BCUT2D eigenvalue weighted by molar-refractivity contribution is -0.129. The maximum Gasteiger partial charge on any atom is 0.141 e. The Labute approximate surface area is 116 Å². The molecule has 0 saturated heterocycles. The van der Waals surface area contributed by atoms with Crippen molar-refractivity contribution in [2.45, 2.75) is 33.3 Å². The molecule has 0 aromatic heterocycles. The van der Waals surface area contributed by atoms with Crippen LogP contribution in [0.3, 0.4) is 0 Å². The van der Waals surface area contributed by atoms with Crippen LogP contribution in [0.1, 0.15) is 27.7 Å². The van der Waals surface area contributed by atoms with Crippen molar-refractivity contribution >= 4 is 15.9 Å². The molecule has 102 valence electrons. The van der Waals surface area contributed by atoms with Gasteiger partial charge in [-0.2, -0.15) is 0 Å². The summed E-state index contributed by atoms with van der Waals surface area (Å²) in [5.41, 5.74) is -0.855. The third-order valence-corrected chi connectivity index (χ3v) is 3.90. The first kappa shape index (κ1) is 15.4. The fourth-order valence-electron chi connectivity index (χ4n) is 1.21. The number of rotatable bonds is 4. The number of hydrogen-bond acceptors (Lipinski definition) is 3. The molecule has 0 aliphatic carbocycles. The van der Waals surface area contributed by atoms with Gasteiger partial charge in [0, 0.05) is 6.07 Å². The molecule has 0 spiro atoms. The molecule has 5 heteroatoms. The van der Waals surface area contributed by atoms with E-state index < -0.39 is 5.60 Å². The van der Waals surface area contributed by atoms with Crippen molar-refractivity contribution < 1.29 is 14.0 Å². The fraction of sp³-hybridized carbons (Fsp3) is 0.538. The quantitative estimate of drug-likeness (QED) is 0.861. The molecule has 0 unspecified atom stereocenters. The normalized spacial score (nSPS) is 15.3. The predicted molar refractivity (Wildman–Crippen MR) is 72.7 cm³/mol. The number of hydrogen-bond donors (Lipinski definition) is 1. The van der Waals surface area contributed by atoms with Crippen LogP contribution in [-0.2, 0) is 4.84 Å². The Kier molecular flexibility index (Phi) is 4.75. The zero-order valence-corrected chi connectivity index (χ0v) is 12.7. The Balaban J connectivity index is 2.77. The van der Waals surface area contributed by atoms with Gasteiger partial charge in [-0.25, -0.2) is 10.3 Å². The van der Waals surface area contributed by atoms with Crippen LogP contribution < -0.4 is 10.6 Å². The lowest BCUT2D eigenvalue weighted by atomic mass is 9.78. The Hall–Kier alpha value is -0.650. The molecule has 0 amide bonds. The van der Waals surface area contributed by atoms with Gasteiger partial charge < -0.3 is 4.74 Å². The van der Waals surface area contributed by atoms with Crippen molar-refractivity contribution in [2.24, 2.45) is 11.3 Å². The van der Waals surface area contributed by atoms with Gasteiger partial charge in [0.25, 0.3) is 0 Å². The second kappa shape index (κ2) is 5.55. The van der Waals surface area contributed by atoms with Crippen molar-refractivity contribution in [3.8, 4) is 5.75 Å². The van der Waals surface area contributed by atoms with E-state index >= 15 is 0 Å². The number of halogens is 2. The van der Waals surface area contributed by atoms with E-state index in [4.69, 9.17) is 15.5 Å². The molecule has 3 nitrogen and oxygen atoms in total. The van der Waals surface area contributed by atoms with Crippen LogP contribution in [0.5, 0.6) is 5.75 Å². The molecule has 0 fully saturated rings. The summed E-state index contributed by atoms with van der Waals surface area (Å²) in [6, 6.07) is 4.61. The molecule has 0 bridgehead atoms. The van der Waals surface area contributed by atoms with Crippen molar-refractivity contribution in [3.63, 3.8) is 0 Å². The second-order valence-electron chi connectivity index (χ2n) is 5.46. The van der Waals surface area contributed by atoms with Gasteiger partial charge in [-0.05, 0) is 40.4 Å². The standard InChI is InChI=1S/C13H19BrFNO2/c1-12(2,3)13(4,18-16)8-17-9-5-6-10(14)11(15)7-9/h5-7H,8,16H2,1-4H3/t13-/m0/s1. The molecule has 1 atom stereocenters. The van der Waals surface area contributed by atoms with Crippen LogP contribution in [0, 0.1) is 11.2 Å². The van der Waals surface area contributed by atoms with Crippen LogP contribution in [0.25, 0.3) is 0 Å². The molecule has 0 aliphatic heterocycles. The molecule has 0 radical (unpaired) electrons. The Morgan fingerprint density at radius 2 is 1.89 bits per heavy atom. The van der Waals surface area contributed by atoms with E-state index in [9.17, 15) is 4.39 Å². The van der Waals surface area contributed by atoms with Gasteiger partial charge in [0.05, 0.1) is 4.47 Å². The largest absolute Gasteiger partial charge is 0.490 e. The summed E-state index contributed by atoms with van der Waals surface area (Å²) in [5.74, 6) is 5.43. The second-order valence-corrected chi connectivity index (χ2v) is 6.32. The highest BCUT2D eigenvalue weighted by atomic mass is 79.9. The highest BCUT2D eigenvalue weighted by Gasteiger charge is 2.39. The van der Waals surface area contributed by atoms with Crippen LogP contribution in [0.15, 0.2) is 22.7 Å². The van der Waals surface area contributed by atoms with Gasteiger partial charge in [-0.3, -0.25) is 4.84 Å². The molecule has 0 aliphatic rings. The van der Waals surface area contributed by atoms with Crippen molar-refractivity contribution in [1.29, 1.82) is 0 Å². The van der Waals surface area contributed by atoms with Gasteiger partial charge in [0.15, 0.2) is 0 Å². The van der Waals surface area contributed by atoms with Crippen LogP contribution in [0.2, 0.25) is 0 Å². The summed E-state index contributed by atoms with van der Waals surface area (Å²) in [7, 11) is 0. The third kappa shape index (κ3) is 3.43. The third-order valence-electron chi connectivity index (χ3n) is 3.25. The lowest BCUT2D eigenvalue weighted by Gasteiger charge is -2.39. The predicted octanol–water partition coefficient (Wildman–Crippen LogP) is 3.66. The van der Waals surface area contributed by atoms with Crippen LogP contribution in [0.4, 0.5) is 4.39 Å². The molecule has 1 aromatic rings. The minimum atomic E-state index is -0.656. The summed E-state index contributed by atoms with van der Waals surface area (Å²) in [4.78, 5) is 5.05. The zero-order valence-electron chi connectivity index (χ0n) is 11.1. The van der Waals surface area contributed by atoms with E-state index in [1.165, 1.54) is 6.07 Å². The Morgan fingerprint density at radius 1 is 1.28 bits per heavy atom. The van der Waals surface area contributed by atoms with Crippen molar-refractivity contribution in [3.05, 3.63) is 28.5 Å². The van der Waals surface area contributed by atoms with Crippen molar-refractivity contribution in [1.82, 2.24) is 0 Å². The summed E-state index contributed by atoms with van der Waals surface area (Å²) >= 11 is 3.09. The number of benzene rings is 1. The van der Waals surface area contributed by atoms with Crippen LogP contribution >= 0.6 is 15.9 Å². The molecule has 0 saturated carbocycles. The average molecular weight is 320 g/mol. The molecular formula is C13H19BrFNO2. The minimum Gasteiger partial charge on any atom is -0.490 e. The van der Waals surface area contributed by atoms with Gasteiger partial charge in [0.2, 0.25) is 0 Å². The van der Waals surface area contributed by atoms with Gasteiger partial charge in [0.1, 0.15) is 23.8 Å². The van der Waals surface area contributed by atoms with E-state index in [1.54, 1.807) is 12.1 Å². The molecule has 2 N–H and O–H groups in total. The molecular weight excluding hydrogens is 301 g/mol. The monoisotopic (exact) mass is 319 g/mol. The molecule has 1 aromatic carbocycles. The number of ether oxygens (including phenoxy) is 1. The zero-order chi connectivity index (χ0) is 14.0. The van der Waals surface area contributed by atoms with Gasteiger partial charge >= 0.3 is 0 Å². The Bertz CT molecular complexity index is 420. The van der Waals surface area contributed by atoms with Crippen molar-refractivity contribution in [2.75, 3.05) is 6.61 Å². The highest BCUT2D eigenvalue weighted by molar-refractivity contribution is 9.10. The van der Waals surface area contributed by atoms with Gasteiger partial charge in [-0.1, -0.05) is 20.8 Å². The maximum absolute atomic E-state index is 13.3. The number of nitrogens with two attached hydrogens (primary N) is 1. The lowest BCUT2D eigenvalue weighted by Crippen LogP contribution is -2.49. The topological polar surface area (TPSA) is 44.5 Å². The summed E-state index contributed by atoms with van der Waals surface area (Å²) in [5, 5.41) is 0. The fourth-order valence-corrected chi connectivity index (χ4v) is 1.46. The first-order valence-electron chi connectivity index (χ1n) is 5.65.